The molecule has 146 valence electrons. The number of hydrogen-bond donors (Lipinski definition) is 1. The first-order chi connectivity index (χ1) is 14.1. The van der Waals surface area contributed by atoms with Gasteiger partial charge in [0.15, 0.2) is 11.2 Å². The van der Waals surface area contributed by atoms with Gasteiger partial charge in [0, 0.05) is 20.3 Å². The average molecular weight is 389 g/mol. The Kier molecular flexibility index (Phi) is 4.78. The van der Waals surface area contributed by atoms with E-state index in [4.69, 9.17) is 0 Å². The Hall–Kier alpha value is -4.01. The Labute approximate surface area is 165 Å². The second kappa shape index (κ2) is 7.55. The largest absolute Gasteiger partial charge is 0.332 e. The molecule has 4 rings (SSSR count). The summed E-state index contributed by atoms with van der Waals surface area (Å²) in [4.78, 5) is 33.8. The standard InChI is InChI=1S/C20H19N7O2/c1-25-17-16(18(28)26(2)20(25)29)27(13-14-8-4-3-5-9-14)19(23-17)24-22-12-15-10-6-7-11-21-15/h3-12H,13H2,1-2H3,(H,23,24)/b22-12+. The number of nitrogens with one attached hydrogen (secondary N) is 1. The summed E-state index contributed by atoms with van der Waals surface area (Å²) in [5.74, 6) is 0.356. The van der Waals surface area contributed by atoms with Crippen molar-refractivity contribution in [3.8, 4) is 0 Å². The van der Waals surface area contributed by atoms with Gasteiger partial charge in [-0.3, -0.25) is 23.5 Å². The normalized spacial score (nSPS) is 11.4. The Bertz CT molecular complexity index is 1300. The summed E-state index contributed by atoms with van der Waals surface area (Å²) in [6.45, 7) is 0.395. The zero-order valence-electron chi connectivity index (χ0n) is 16.0. The number of aryl methyl sites for hydroxylation is 1. The highest BCUT2D eigenvalue weighted by molar-refractivity contribution is 5.78. The molecule has 4 aromatic rings. The number of fused-ring (bicyclic) bond motifs is 1. The zero-order chi connectivity index (χ0) is 20.4. The highest BCUT2D eigenvalue weighted by atomic mass is 16.2. The van der Waals surface area contributed by atoms with E-state index in [1.807, 2.05) is 48.5 Å². The molecule has 0 aliphatic rings. The lowest BCUT2D eigenvalue weighted by Gasteiger charge is -2.09. The molecule has 29 heavy (non-hydrogen) atoms. The Morgan fingerprint density at radius 2 is 1.79 bits per heavy atom. The van der Waals surface area contributed by atoms with E-state index in [1.165, 1.54) is 11.6 Å². The lowest BCUT2D eigenvalue weighted by atomic mass is 10.2. The van der Waals surface area contributed by atoms with Crippen molar-refractivity contribution < 1.29 is 0 Å². The molecule has 1 N–H and O–H groups in total. The molecule has 0 radical (unpaired) electrons. The zero-order valence-corrected chi connectivity index (χ0v) is 16.0. The molecule has 0 fully saturated rings. The van der Waals surface area contributed by atoms with Crippen molar-refractivity contribution >= 4 is 23.3 Å². The molecule has 3 aromatic heterocycles. The molecule has 0 spiro atoms. The summed E-state index contributed by atoms with van der Waals surface area (Å²) in [7, 11) is 3.04. The smallest absolute Gasteiger partial charge is 0.298 e. The number of aromatic nitrogens is 5. The monoisotopic (exact) mass is 389 g/mol. The van der Waals surface area contributed by atoms with E-state index >= 15 is 0 Å². The fourth-order valence-corrected chi connectivity index (χ4v) is 3.06. The van der Waals surface area contributed by atoms with Crippen LogP contribution in [0.15, 0.2) is 69.4 Å². The minimum absolute atomic E-state index is 0.296. The molecule has 1 aromatic carbocycles. The molecule has 0 unspecified atom stereocenters. The molecule has 0 saturated carbocycles. The summed E-state index contributed by atoms with van der Waals surface area (Å²) in [5, 5.41) is 4.20. The maximum absolute atomic E-state index is 12.8. The van der Waals surface area contributed by atoms with Gasteiger partial charge in [-0.25, -0.2) is 10.2 Å². The summed E-state index contributed by atoms with van der Waals surface area (Å²) in [6, 6.07) is 15.2. The van der Waals surface area contributed by atoms with Crippen LogP contribution < -0.4 is 16.7 Å². The summed E-state index contributed by atoms with van der Waals surface area (Å²) < 4.78 is 4.15. The van der Waals surface area contributed by atoms with Crippen molar-refractivity contribution in [2.24, 2.45) is 19.2 Å². The van der Waals surface area contributed by atoms with Gasteiger partial charge in [-0.1, -0.05) is 36.4 Å². The fourth-order valence-electron chi connectivity index (χ4n) is 3.06. The fraction of sp³-hybridized carbons (Fsp3) is 0.150. The quantitative estimate of drug-likeness (QED) is 0.410. The van der Waals surface area contributed by atoms with E-state index in [9.17, 15) is 9.59 Å². The third-order valence-electron chi connectivity index (χ3n) is 4.58. The molecule has 9 heteroatoms. The van der Waals surface area contributed by atoms with E-state index < -0.39 is 11.2 Å². The van der Waals surface area contributed by atoms with E-state index in [1.54, 1.807) is 24.0 Å². The maximum Gasteiger partial charge on any atom is 0.332 e. The van der Waals surface area contributed by atoms with Crippen LogP contribution in [0, 0.1) is 0 Å². The number of benzene rings is 1. The number of hydrogen-bond acceptors (Lipinski definition) is 6. The molecule has 0 amide bonds. The van der Waals surface area contributed by atoms with Crippen LogP contribution in [0.3, 0.4) is 0 Å². The molecular formula is C20H19N7O2. The van der Waals surface area contributed by atoms with Gasteiger partial charge in [0.1, 0.15) is 0 Å². The highest BCUT2D eigenvalue weighted by Gasteiger charge is 2.19. The van der Waals surface area contributed by atoms with E-state index in [-0.39, 0.29) is 0 Å². The third-order valence-corrected chi connectivity index (χ3v) is 4.58. The second-order valence-corrected chi connectivity index (χ2v) is 6.51. The molecule has 3 heterocycles. The first-order valence-corrected chi connectivity index (χ1v) is 8.96. The van der Waals surface area contributed by atoms with Crippen LogP contribution in [0.25, 0.3) is 11.2 Å². The lowest BCUT2D eigenvalue weighted by Crippen LogP contribution is -2.37. The number of pyridine rings is 1. The minimum atomic E-state index is -0.435. The average Bonchev–Trinajstić information content (AvgIpc) is 3.10. The van der Waals surface area contributed by atoms with Gasteiger partial charge >= 0.3 is 5.69 Å². The van der Waals surface area contributed by atoms with Gasteiger partial charge in [0.2, 0.25) is 5.95 Å². The Balaban J connectivity index is 1.84. The predicted molar refractivity (Wildman–Crippen MR) is 111 cm³/mol. The molecule has 0 bridgehead atoms. The van der Waals surface area contributed by atoms with Crippen molar-refractivity contribution in [3.05, 3.63) is 86.8 Å². The lowest BCUT2D eigenvalue weighted by molar-refractivity contribution is 0.702. The van der Waals surface area contributed by atoms with Crippen LogP contribution in [0.5, 0.6) is 0 Å². The maximum atomic E-state index is 12.8. The minimum Gasteiger partial charge on any atom is -0.298 e. The van der Waals surface area contributed by atoms with Crippen LogP contribution in [-0.4, -0.2) is 29.9 Å². The van der Waals surface area contributed by atoms with E-state index in [0.29, 0.717) is 29.4 Å². The van der Waals surface area contributed by atoms with Crippen LogP contribution in [0.2, 0.25) is 0 Å². The van der Waals surface area contributed by atoms with Crippen molar-refractivity contribution in [2.45, 2.75) is 6.54 Å². The van der Waals surface area contributed by atoms with Crippen LogP contribution >= 0.6 is 0 Å². The molecular weight excluding hydrogens is 370 g/mol. The number of anilines is 1. The van der Waals surface area contributed by atoms with Crippen molar-refractivity contribution in [1.29, 1.82) is 0 Å². The van der Waals surface area contributed by atoms with E-state index in [0.717, 1.165) is 10.1 Å². The van der Waals surface area contributed by atoms with Crippen LogP contribution in [-0.2, 0) is 20.6 Å². The predicted octanol–water partition coefficient (Wildman–Crippen LogP) is 1.32. The van der Waals surface area contributed by atoms with E-state index in [2.05, 4.69) is 20.5 Å². The molecule has 0 aliphatic carbocycles. The van der Waals surface area contributed by atoms with Gasteiger partial charge in [-0.15, -0.1) is 0 Å². The molecule has 0 saturated heterocycles. The number of imidazole rings is 1. The highest BCUT2D eigenvalue weighted by Crippen LogP contribution is 2.18. The Morgan fingerprint density at radius 3 is 2.52 bits per heavy atom. The van der Waals surface area contributed by atoms with Crippen molar-refractivity contribution in [3.63, 3.8) is 0 Å². The van der Waals surface area contributed by atoms with Crippen LogP contribution in [0.1, 0.15) is 11.3 Å². The number of rotatable bonds is 5. The van der Waals surface area contributed by atoms with Crippen molar-refractivity contribution in [1.82, 2.24) is 23.7 Å². The summed E-state index contributed by atoms with van der Waals surface area (Å²) in [5.41, 5.74) is 4.32. The second-order valence-electron chi connectivity index (χ2n) is 6.51. The number of hydrazone groups is 1. The summed E-state index contributed by atoms with van der Waals surface area (Å²) >= 11 is 0. The molecule has 9 nitrogen and oxygen atoms in total. The van der Waals surface area contributed by atoms with Gasteiger partial charge in [-0.05, 0) is 17.7 Å². The van der Waals surface area contributed by atoms with Gasteiger partial charge in [0.25, 0.3) is 5.56 Å². The third kappa shape index (κ3) is 3.45. The van der Waals surface area contributed by atoms with Gasteiger partial charge in [0.05, 0.1) is 18.5 Å². The first kappa shape index (κ1) is 18.4. The van der Waals surface area contributed by atoms with Gasteiger partial charge < -0.3 is 0 Å². The first-order valence-electron chi connectivity index (χ1n) is 8.96. The van der Waals surface area contributed by atoms with Gasteiger partial charge in [-0.2, -0.15) is 10.1 Å². The summed E-state index contributed by atoms with van der Waals surface area (Å²) in [6.07, 6.45) is 3.23. The SMILES string of the molecule is Cn1c(=O)c2c(nc(N/N=C/c3ccccn3)n2Cc2ccccc2)n(C)c1=O. The molecule has 0 aliphatic heterocycles. The van der Waals surface area contributed by atoms with Crippen molar-refractivity contribution in [2.75, 3.05) is 5.43 Å². The Morgan fingerprint density at radius 1 is 1.03 bits per heavy atom. The number of nitrogens with zero attached hydrogens (tertiary/aromatic N) is 6. The topological polar surface area (TPSA) is 99.1 Å². The van der Waals surface area contributed by atoms with Crippen LogP contribution in [0.4, 0.5) is 5.95 Å². The molecule has 0 atom stereocenters.